The van der Waals surface area contributed by atoms with Crippen LogP contribution in [0, 0.1) is 0 Å². The Labute approximate surface area is 56.0 Å². The Bertz CT molecular complexity index is 355. The van der Waals surface area contributed by atoms with E-state index >= 15 is 0 Å². The van der Waals surface area contributed by atoms with Gasteiger partial charge in [0.2, 0.25) is 5.65 Å². The zero-order valence-electron chi connectivity index (χ0n) is 4.97. The molecule has 0 saturated heterocycles. The maximum absolute atomic E-state index is 9.07. The average Bonchev–Trinajstić information content (AvgIpc) is 2.36. The molecule has 2 aromatic rings. The molecule has 0 spiro atoms. The van der Waals surface area contributed by atoms with Gasteiger partial charge in [-0.15, -0.1) is 0 Å². The third-order valence-electron chi connectivity index (χ3n) is 1.18. The molecular weight excluding hydrogens is 132 g/mol. The van der Waals surface area contributed by atoms with E-state index < -0.39 is 0 Å². The number of hydrogen-bond acceptors (Lipinski definition) is 4. The van der Waals surface area contributed by atoms with E-state index in [4.69, 9.17) is 5.11 Å². The first-order chi connectivity index (χ1) is 4.88. The summed E-state index contributed by atoms with van der Waals surface area (Å²) < 4.78 is 1.40. The second kappa shape index (κ2) is 1.66. The van der Waals surface area contributed by atoms with Crippen LogP contribution in [0.5, 0.6) is 5.75 Å². The van der Waals surface area contributed by atoms with Crippen LogP contribution in [0.1, 0.15) is 0 Å². The Hall–Kier alpha value is -1.65. The maximum atomic E-state index is 9.07. The van der Waals surface area contributed by atoms with Crippen molar-refractivity contribution in [1.82, 2.24) is 19.6 Å². The van der Waals surface area contributed by atoms with Crippen LogP contribution in [0.3, 0.4) is 0 Å². The number of hydrogen-bond donors (Lipinski definition) is 1. The lowest BCUT2D eigenvalue weighted by molar-refractivity contribution is 0.473. The minimum atomic E-state index is 0.0417. The summed E-state index contributed by atoms with van der Waals surface area (Å²) in [5.74, 6) is 0.0417. The van der Waals surface area contributed by atoms with E-state index in [1.54, 1.807) is 0 Å². The Morgan fingerprint density at radius 2 is 2.40 bits per heavy atom. The van der Waals surface area contributed by atoms with Gasteiger partial charge < -0.3 is 5.11 Å². The lowest BCUT2D eigenvalue weighted by atomic mass is 10.6. The number of nitrogens with zero attached hydrogens (tertiary/aromatic N) is 4. The van der Waals surface area contributed by atoms with Crippen LogP contribution < -0.4 is 0 Å². The summed E-state index contributed by atoms with van der Waals surface area (Å²) in [5.41, 5.74) is 0.426. The van der Waals surface area contributed by atoms with Crippen LogP contribution in [0.4, 0.5) is 0 Å². The first-order valence-electron chi connectivity index (χ1n) is 2.70. The molecule has 2 aromatic heterocycles. The molecule has 50 valence electrons. The number of rotatable bonds is 0. The van der Waals surface area contributed by atoms with Crippen molar-refractivity contribution in [3.05, 3.63) is 18.9 Å². The second-order valence-corrected chi connectivity index (χ2v) is 1.81. The standard InChI is InChI=1S/C5H4N4O/c10-4-1-6-3-9-5(4)7-2-8-9/h1-3,10H. The number of aromatic nitrogens is 4. The molecule has 0 bridgehead atoms. The van der Waals surface area contributed by atoms with E-state index in [-0.39, 0.29) is 5.75 Å². The van der Waals surface area contributed by atoms with E-state index in [2.05, 4.69) is 15.1 Å². The molecule has 0 aliphatic carbocycles. The van der Waals surface area contributed by atoms with Crippen LogP contribution in [-0.4, -0.2) is 24.7 Å². The smallest absolute Gasteiger partial charge is 0.200 e. The topological polar surface area (TPSA) is 63.3 Å². The van der Waals surface area contributed by atoms with Gasteiger partial charge in [-0.1, -0.05) is 0 Å². The first-order valence-corrected chi connectivity index (χ1v) is 2.70. The van der Waals surface area contributed by atoms with E-state index in [9.17, 15) is 0 Å². The molecule has 10 heavy (non-hydrogen) atoms. The highest BCUT2D eigenvalue weighted by atomic mass is 16.3. The Balaban J connectivity index is 2.95. The number of aromatic hydroxyl groups is 1. The highest BCUT2D eigenvalue weighted by Crippen LogP contribution is 2.10. The van der Waals surface area contributed by atoms with Gasteiger partial charge in [-0.2, -0.15) is 9.61 Å². The fraction of sp³-hybridized carbons (Fsp3) is 0. The van der Waals surface area contributed by atoms with Gasteiger partial charge in [-0.05, 0) is 0 Å². The second-order valence-electron chi connectivity index (χ2n) is 1.81. The molecule has 0 radical (unpaired) electrons. The summed E-state index contributed by atoms with van der Waals surface area (Å²) in [6.07, 6.45) is 4.16. The summed E-state index contributed by atoms with van der Waals surface area (Å²) in [5, 5.41) is 12.8. The lowest BCUT2D eigenvalue weighted by Gasteiger charge is -1.90. The van der Waals surface area contributed by atoms with Crippen molar-refractivity contribution in [3.63, 3.8) is 0 Å². The normalized spacial score (nSPS) is 10.4. The molecule has 5 nitrogen and oxygen atoms in total. The van der Waals surface area contributed by atoms with Crippen LogP contribution in [-0.2, 0) is 0 Å². The Morgan fingerprint density at radius 3 is 3.20 bits per heavy atom. The summed E-state index contributed by atoms with van der Waals surface area (Å²) in [6, 6.07) is 0. The quantitative estimate of drug-likeness (QED) is 0.546. The molecule has 0 atom stereocenters. The Morgan fingerprint density at radius 1 is 1.50 bits per heavy atom. The van der Waals surface area contributed by atoms with Crippen molar-refractivity contribution in [2.24, 2.45) is 0 Å². The van der Waals surface area contributed by atoms with Crippen molar-refractivity contribution in [2.45, 2.75) is 0 Å². The van der Waals surface area contributed by atoms with Gasteiger partial charge in [-0.3, -0.25) is 0 Å². The molecule has 0 unspecified atom stereocenters. The SMILES string of the molecule is Oc1cncn2ncnc12. The zero-order chi connectivity index (χ0) is 6.97. The van der Waals surface area contributed by atoms with E-state index in [0.29, 0.717) is 5.65 Å². The summed E-state index contributed by atoms with van der Waals surface area (Å²) in [7, 11) is 0. The predicted octanol–water partition coefficient (Wildman–Crippen LogP) is -0.170. The lowest BCUT2D eigenvalue weighted by Crippen LogP contribution is -1.87. The minimum Gasteiger partial charge on any atom is -0.503 e. The van der Waals surface area contributed by atoms with Gasteiger partial charge in [0.05, 0.1) is 6.20 Å². The van der Waals surface area contributed by atoms with Gasteiger partial charge >= 0.3 is 0 Å². The molecule has 0 aliphatic heterocycles. The molecule has 0 aromatic carbocycles. The third kappa shape index (κ3) is 0.540. The van der Waals surface area contributed by atoms with Crippen molar-refractivity contribution in [2.75, 3.05) is 0 Å². The molecule has 0 saturated carbocycles. The molecule has 2 rings (SSSR count). The molecule has 1 N–H and O–H groups in total. The number of fused-ring (bicyclic) bond motifs is 1. The van der Waals surface area contributed by atoms with Gasteiger partial charge in [0.15, 0.2) is 5.75 Å². The highest BCUT2D eigenvalue weighted by molar-refractivity contribution is 5.48. The highest BCUT2D eigenvalue weighted by Gasteiger charge is 1.98. The summed E-state index contributed by atoms with van der Waals surface area (Å²) in [4.78, 5) is 7.48. The minimum absolute atomic E-state index is 0.0417. The van der Waals surface area contributed by atoms with Crippen LogP contribution in [0.25, 0.3) is 5.65 Å². The molecule has 0 fully saturated rings. The first kappa shape index (κ1) is 5.16. The van der Waals surface area contributed by atoms with Gasteiger partial charge in [-0.25, -0.2) is 9.97 Å². The molecule has 5 heteroatoms. The van der Waals surface area contributed by atoms with Gasteiger partial charge in [0.1, 0.15) is 12.7 Å². The summed E-state index contributed by atoms with van der Waals surface area (Å²) in [6.45, 7) is 0. The predicted molar refractivity (Wildman–Crippen MR) is 32.4 cm³/mol. The fourth-order valence-corrected chi connectivity index (χ4v) is 0.743. The van der Waals surface area contributed by atoms with Gasteiger partial charge in [0.25, 0.3) is 0 Å². The van der Waals surface area contributed by atoms with Crippen LogP contribution >= 0.6 is 0 Å². The zero-order valence-corrected chi connectivity index (χ0v) is 4.97. The largest absolute Gasteiger partial charge is 0.503 e. The average molecular weight is 136 g/mol. The molecular formula is C5H4N4O. The Kier molecular flexibility index (Phi) is 0.858. The van der Waals surface area contributed by atoms with Crippen LogP contribution in [0.15, 0.2) is 18.9 Å². The fourth-order valence-electron chi connectivity index (χ4n) is 0.743. The van der Waals surface area contributed by atoms with Crippen molar-refractivity contribution in [1.29, 1.82) is 0 Å². The molecule has 0 aliphatic rings. The van der Waals surface area contributed by atoms with Crippen molar-refractivity contribution < 1.29 is 5.11 Å². The van der Waals surface area contributed by atoms with E-state index in [1.807, 2.05) is 0 Å². The third-order valence-corrected chi connectivity index (χ3v) is 1.18. The van der Waals surface area contributed by atoms with Gasteiger partial charge in [0, 0.05) is 0 Å². The monoisotopic (exact) mass is 136 g/mol. The van der Waals surface area contributed by atoms with Crippen molar-refractivity contribution >= 4 is 5.65 Å². The molecule has 2 heterocycles. The van der Waals surface area contributed by atoms with Crippen LogP contribution in [0.2, 0.25) is 0 Å². The van der Waals surface area contributed by atoms with Crippen molar-refractivity contribution in [3.8, 4) is 5.75 Å². The van der Waals surface area contributed by atoms with E-state index in [0.717, 1.165) is 0 Å². The maximum Gasteiger partial charge on any atom is 0.200 e. The summed E-state index contributed by atoms with van der Waals surface area (Å²) >= 11 is 0. The molecule has 0 amide bonds. The van der Waals surface area contributed by atoms with E-state index in [1.165, 1.54) is 23.4 Å².